The zero-order chi connectivity index (χ0) is 11.4. The molecule has 16 heavy (non-hydrogen) atoms. The molecule has 0 unspecified atom stereocenters. The number of nitrogens with one attached hydrogen (secondary N) is 1. The molecule has 1 saturated heterocycles. The first-order valence-electron chi connectivity index (χ1n) is 5.47. The number of halogens is 1. The summed E-state index contributed by atoms with van der Waals surface area (Å²) in [5.41, 5.74) is 1.26. The van der Waals surface area contributed by atoms with Gasteiger partial charge in [-0.3, -0.25) is 9.69 Å². The van der Waals surface area contributed by atoms with E-state index in [1.54, 1.807) is 0 Å². The molecule has 0 bridgehead atoms. The fraction of sp³-hybridized carbons (Fsp3) is 0.417. The van der Waals surface area contributed by atoms with Gasteiger partial charge in [0.1, 0.15) is 0 Å². The van der Waals surface area contributed by atoms with Gasteiger partial charge in [0, 0.05) is 24.7 Å². The molecule has 1 aliphatic heterocycles. The van der Waals surface area contributed by atoms with E-state index in [1.807, 2.05) is 24.3 Å². The molecular formula is C12H15ClN2O. The number of nitrogens with zero attached hydrogens (tertiary/aromatic N) is 1. The summed E-state index contributed by atoms with van der Waals surface area (Å²) in [5, 5.41) is 3.58. The van der Waals surface area contributed by atoms with Crippen LogP contribution in [0.5, 0.6) is 0 Å². The van der Waals surface area contributed by atoms with Crippen LogP contribution in [-0.2, 0) is 11.2 Å². The Morgan fingerprint density at radius 1 is 1.31 bits per heavy atom. The van der Waals surface area contributed by atoms with E-state index in [9.17, 15) is 4.79 Å². The Morgan fingerprint density at radius 2 is 2.06 bits per heavy atom. The second kappa shape index (κ2) is 5.32. The molecular weight excluding hydrogens is 224 g/mol. The maximum Gasteiger partial charge on any atom is 0.234 e. The summed E-state index contributed by atoms with van der Waals surface area (Å²) in [6, 6.07) is 7.87. The van der Waals surface area contributed by atoms with Crippen LogP contribution in [0.1, 0.15) is 5.56 Å². The second-order valence-electron chi connectivity index (χ2n) is 4.00. The van der Waals surface area contributed by atoms with E-state index < -0.39 is 0 Å². The van der Waals surface area contributed by atoms with Crippen LogP contribution >= 0.6 is 11.6 Å². The molecule has 1 aromatic carbocycles. The van der Waals surface area contributed by atoms with Crippen LogP contribution in [0.3, 0.4) is 0 Å². The van der Waals surface area contributed by atoms with Gasteiger partial charge in [0.15, 0.2) is 0 Å². The Kier molecular flexibility index (Phi) is 3.80. The summed E-state index contributed by atoms with van der Waals surface area (Å²) in [4.78, 5) is 13.3. The third kappa shape index (κ3) is 3.22. The number of carbonyl (C=O) groups is 1. The van der Waals surface area contributed by atoms with E-state index in [0.717, 1.165) is 31.1 Å². The first-order valence-corrected chi connectivity index (χ1v) is 5.85. The molecule has 0 aliphatic carbocycles. The fourth-order valence-corrected chi connectivity index (χ4v) is 1.95. The maximum absolute atomic E-state index is 11.2. The quantitative estimate of drug-likeness (QED) is 0.862. The fourth-order valence-electron chi connectivity index (χ4n) is 1.82. The zero-order valence-corrected chi connectivity index (χ0v) is 9.83. The predicted octanol–water partition coefficient (Wildman–Crippen LogP) is 1.31. The third-order valence-electron chi connectivity index (χ3n) is 2.75. The summed E-state index contributed by atoms with van der Waals surface area (Å²) in [7, 11) is 0. The van der Waals surface area contributed by atoms with Crippen molar-refractivity contribution in [1.29, 1.82) is 0 Å². The summed E-state index contributed by atoms with van der Waals surface area (Å²) < 4.78 is 0. The van der Waals surface area contributed by atoms with E-state index in [1.165, 1.54) is 5.56 Å². The largest absolute Gasteiger partial charge is 0.354 e. The lowest BCUT2D eigenvalue weighted by Gasteiger charge is -2.26. The van der Waals surface area contributed by atoms with E-state index in [0.29, 0.717) is 6.54 Å². The van der Waals surface area contributed by atoms with Crippen molar-refractivity contribution < 1.29 is 4.79 Å². The molecule has 0 atom stereocenters. The van der Waals surface area contributed by atoms with Crippen LogP contribution in [0, 0.1) is 0 Å². The smallest absolute Gasteiger partial charge is 0.234 e. The van der Waals surface area contributed by atoms with Crippen LogP contribution in [0.2, 0.25) is 5.02 Å². The average molecular weight is 239 g/mol. The number of hydrogen-bond acceptors (Lipinski definition) is 2. The molecule has 0 saturated carbocycles. The number of carbonyl (C=O) groups excluding carboxylic acids is 1. The van der Waals surface area contributed by atoms with E-state index in [4.69, 9.17) is 11.6 Å². The van der Waals surface area contributed by atoms with Gasteiger partial charge in [0.05, 0.1) is 6.54 Å². The zero-order valence-electron chi connectivity index (χ0n) is 9.08. The highest BCUT2D eigenvalue weighted by atomic mass is 35.5. The summed E-state index contributed by atoms with van der Waals surface area (Å²) in [6.45, 7) is 3.15. The van der Waals surface area contributed by atoms with Crippen molar-refractivity contribution >= 4 is 17.5 Å². The number of hydrogen-bond donors (Lipinski definition) is 1. The number of piperazine rings is 1. The van der Waals surface area contributed by atoms with Crippen LogP contribution in [0.25, 0.3) is 0 Å². The molecule has 1 N–H and O–H groups in total. The van der Waals surface area contributed by atoms with Crippen molar-refractivity contribution in [3.8, 4) is 0 Å². The highest BCUT2D eigenvalue weighted by molar-refractivity contribution is 6.30. The van der Waals surface area contributed by atoms with Crippen molar-refractivity contribution in [2.45, 2.75) is 6.42 Å². The first kappa shape index (κ1) is 11.4. The van der Waals surface area contributed by atoms with E-state index >= 15 is 0 Å². The molecule has 3 nitrogen and oxygen atoms in total. The standard InChI is InChI=1S/C12H15ClN2O/c13-11-3-1-10(2-4-11)5-7-15-8-6-14-12(16)9-15/h1-4H,5-9H2,(H,14,16). The minimum absolute atomic E-state index is 0.127. The lowest BCUT2D eigenvalue weighted by Crippen LogP contribution is -2.48. The topological polar surface area (TPSA) is 32.3 Å². The summed E-state index contributed by atoms with van der Waals surface area (Å²) in [6.07, 6.45) is 0.963. The number of benzene rings is 1. The number of rotatable bonds is 3. The highest BCUT2D eigenvalue weighted by Gasteiger charge is 2.15. The Hall–Kier alpha value is -1.06. The molecule has 1 fully saturated rings. The van der Waals surface area contributed by atoms with Gasteiger partial charge in [-0.2, -0.15) is 0 Å². The molecule has 0 radical (unpaired) electrons. The summed E-state index contributed by atoms with van der Waals surface area (Å²) in [5.74, 6) is 0.127. The van der Waals surface area contributed by atoms with Crippen molar-refractivity contribution in [3.05, 3.63) is 34.9 Å². The van der Waals surface area contributed by atoms with Gasteiger partial charge >= 0.3 is 0 Å². The second-order valence-corrected chi connectivity index (χ2v) is 4.44. The van der Waals surface area contributed by atoms with Crippen molar-refractivity contribution in [1.82, 2.24) is 10.2 Å². The van der Waals surface area contributed by atoms with E-state index in [-0.39, 0.29) is 5.91 Å². The number of amides is 1. The van der Waals surface area contributed by atoms with Crippen LogP contribution < -0.4 is 5.32 Å². The van der Waals surface area contributed by atoms with Gasteiger partial charge in [0.25, 0.3) is 0 Å². The molecule has 4 heteroatoms. The van der Waals surface area contributed by atoms with Crippen molar-refractivity contribution in [3.63, 3.8) is 0 Å². The van der Waals surface area contributed by atoms with Gasteiger partial charge in [0.2, 0.25) is 5.91 Å². The maximum atomic E-state index is 11.2. The van der Waals surface area contributed by atoms with Gasteiger partial charge < -0.3 is 5.32 Å². The Balaban J connectivity index is 1.82. The average Bonchev–Trinajstić information content (AvgIpc) is 2.28. The monoisotopic (exact) mass is 238 g/mol. The molecule has 0 aromatic heterocycles. The third-order valence-corrected chi connectivity index (χ3v) is 3.00. The Labute approximate surface area is 100 Å². The molecule has 2 rings (SSSR count). The minimum atomic E-state index is 0.127. The van der Waals surface area contributed by atoms with Gasteiger partial charge in [-0.15, -0.1) is 0 Å². The van der Waals surface area contributed by atoms with E-state index in [2.05, 4.69) is 10.2 Å². The molecule has 1 aliphatic rings. The first-order chi connectivity index (χ1) is 7.74. The summed E-state index contributed by atoms with van der Waals surface area (Å²) >= 11 is 5.82. The van der Waals surface area contributed by atoms with Gasteiger partial charge in [-0.05, 0) is 24.1 Å². The highest BCUT2D eigenvalue weighted by Crippen LogP contribution is 2.10. The lowest BCUT2D eigenvalue weighted by molar-refractivity contribution is -0.124. The minimum Gasteiger partial charge on any atom is -0.354 e. The normalized spacial score (nSPS) is 17.2. The van der Waals surface area contributed by atoms with Crippen LogP contribution in [-0.4, -0.2) is 37.0 Å². The molecule has 1 heterocycles. The van der Waals surface area contributed by atoms with Crippen LogP contribution in [0.15, 0.2) is 24.3 Å². The molecule has 0 spiro atoms. The van der Waals surface area contributed by atoms with Gasteiger partial charge in [-0.1, -0.05) is 23.7 Å². The molecule has 1 aromatic rings. The van der Waals surface area contributed by atoms with Crippen molar-refractivity contribution in [2.75, 3.05) is 26.2 Å². The van der Waals surface area contributed by atoms with Crippen molar-refractivity contribution in [2.24, 2.45) is 0 Å². The Bertz CT molecular complexity index is 364. The molecule has 86 valence electrons. The predicted molar refractivity (Wildman–Crippen MR) is 64.6 cm³/mol. The molecule has 1 amide bonds. The Morgan fingerprint density at radius 3 is 2.75 bits per heavy atom. The SMILES string of the molecule is O=C1CN(CCc2ccc(Cl)cc2)CCN1. The lowest BCUT2D eigenvalue weighted by atomic mass is 10.1. The van der Waals surface area contributed by atoms with Crippen LogP contribution in [0.4, 0.5) is 0 Å². The van der Waals surface area contributed by atoms with Gasteiger partial charge in [-0.25, -0.2) is 0 Å².